The van der Waals surface area contributed by atoms with Crippen LogP contribution in [0.3, 0.4) is 0 Å². The van der Waals surface area contributed by atoms with E-state index >= 15 is 0 Å². The normalized spacial score (nSPS) is 12.6. The van der Waals surface area contributed by atoms with Gasteiger partial charge in [-0.3, -0.25) is 9.36 Å². The SMILES string of the molecule is CCOP(=O)(O)c1ccc(Nc2cc(Oc3ccc(NC(C)=O)c4ccccc34)ccn2)cc1OC. The lowest BCUT2D eigenvalue weighted by atomic mass is 10.1. The highest BCUT2D eigenvalue weighted by atomic mass is 31.2. The number of anilines is 3. The average Bonchev–Trinajstić information content (AvgIpc) is 2.85. The number of carbonyl (C=O) groups excluding carboxylic acids is 1. The minimum Gasteiger partial charge on any atom is -0.496 e. The summed E-state index contributed by atoms with van der Waals surface area (Å²) in [6.07, 6.45) is 1.61. The summed E-state index contributed by atoms with van der Waals surface area (Å²) in [5.74, 6) is 1.74. The number of aromatic nitrogens is 1. The van der Waals surface area contributed by atoms with Crippen molar-refractivity contribution in [3.63, 3.8) is 0 Å². The second-order valence-corrected chi connectivity index (χ2v) is 9.55. The second kappa shape index (κ2) is 10.8. The van der Waals surface area contributed by atoms with Gasteiger partial charge in [0.2, 0.25) is 5.91 Å². The van der Waals surface area contributed by atoms with Gasteiger partial charge in [0.1, 0.15) is 28.4 Å². The summed E-state index contributed by atoms with van der Waals surface area (Å²) in [5, 5.41) is 7.78. The molecule has 0 fully saturated rings. The summed E-state index contributed by atoms with van der Waals surface area (Å²) in [4.78, 5) is 26.1. The molecule has 3 N–H and O–H groups in total. The van der Waals surface area contributed by atoms with E-state index in [1.807, 2.05) is 24.3 Å². The van der Waals surface area contributed by atoms with Crippen molar-refractivity contribution in [2.24, 2.45) is 0 Å². The lowest BCUT2D eigenvalue weighted by Crippen LogP contribution is -2.11. The minimum absolute atomic E-state index is 0.0806. The third kappa shape index (κ3) is 5.66. The number of ether oxygens (including phenoxy) is 2. The molecule has 0 aliphatic carbocycles. The van der Waals surface area contributed by atoms with E-state index in [0.717, 1.165) is 10.8 Å². The van der Waals surface area contributed by atoms with E-state index in [9.17, 15) is 14.3 Å². The van der Waals surface area contributed by atoms with E-state index in [4.69, 9.17) is 14.0 Å². The third-order valence-corrected chi connectivity index (χ3v) is 6.80. The number of fused-ring (bicyclic) bond motifs is 1. The topological polar surface area (TPSA) is 119 Å². The van der Waals surface area contributed by atoms with E-state index in [1.54, 1.807) is 49.5 Å². The Labute approximate surface area is 208 Å². The van der Waals surface area contributed by atoms with Crippen molar-refractivity contribution in [3.05, 3.63) is 72.9 Å². The predicted molar refractivity (Wildman–Crippen MR) is 140 cm³/mol. The zero-order chi connectivity index (χ0) is 25.7. The molecule has 0 spiro atoms. The Balaban J connectivity index is 1.59. The maximum atomic E-state index is 12.4. The largest absolute Gasteiger partial charge is 0.496 e. The van der Waals surface area contributed by atoms with Gasteiger partial charge in [-0.15, -0.1) is 0 Å². The monoisotopic (exact) mass is 507 g/mol. The third-order valence-electron chi connectivity index (χ3n) is 5.21. The van der Waals surface area contributed by atoms with Crippen molar-refractivity contribution < 1.29 is 28.3 Å². The Hall–Kier alpha value is -3.91. The van der Waals surface area contributed by atoms with E-state index in [0.29, 0.717) is 28.7 Å². The fraction of sp³-hybridized carbons (Fsp3) is 0.154. The van der Waals surface area contributed by atoms with Crippen LogP contribution in [0.5, 0.6) is 17.2 Å². The predicted octanol–water partition coefficient (Wildman–Crippen LogP) is 5.58. The van der Waals surface area contributed by atoms with E-state index in [1.165, 1.54) is 20.1 Å². The summed E-state index contributed by atoms with van der Waals surface area (Å²) < 4.78 is 28.9. The number of amides is 1. The minimum atomic E-state index is -3.99. The van der Waals surface area contributed by atoms with Crippen molar-refractivity contribution >= 4 is 46.8 Å². The first-order valence-electron chi connectivity index (χ1n) is 11.2. The molecule has 0 aliphatic heterocycles. The van der Waals surface area contributed by atoms with Crippen LogP contribution < -0.4 is 25.4 Å². The fourth-order valence-corrected chi connectivity index (χ4v) is 4.90. The summed E-state index contributed by atoms with van der Waals surface area (Å²) in [6, 6.07) is 19.4. The Morgan fingerprint density at radius 1 is 1.03 bits per heavy atom. The maximum absolute atomic E-state index is 12.4. The van der Waals surface area contributed by atoms with Gasteiger partial charge in [-0.25, -0.2) is 4.98 Å². The Bertz CT molecular complexity index is 1460. The lowest BCUT2D eigenvalue weighted by molar-refractivity contribution is -0.114. The van der Waals surface area contributed by atoms with Crippen LogP contribution >= 0.6 is 7.60 Å². The summed E-state index contributed by atoms with van der Waals surface area (Å²) in [6.45, 7) is 3.21. The highest BCUT2D eigenvalue weighted by Crippen LogP contribution is 2.44. The number of benzene rings is 3. The molecule has 1 aromatic heterocycles. The molecule has 36 heavy (non-hydrogen) atoms. The molecule has 0 bridgehead atoms. The van der Waals surface area contributed by atoms with Crippen molar-refractivity contribution in [1.82, 2.24) is 4.98 Å². The van der Waals surface area contributed by atoms with Gasteiger partial charge < -0.3 is 29.5 Å². The fourth-order valence-electron chi connectivity index (χ4n) is 3.71. The zero-order valence-corrected chi connectivity index (χ0v) is 20.9. The van der Waals surface area contributed by atoms with Gasteiger partial charge in [-0.1, -0.05) is 24.3 Å². The number of rotatable bonds is 9. The van der Waals surface area contributed by atoms with Crippen LogP contribution in [-0.2, 0) is 13.9 Å². The van der Waals surface area contributed by atoms with E-state index < -0.39 is 7.60 Å². The molecule has 186 valence electrons. The van der Waals surface area contributed by atoms with E-state index in [-0.39, 0.29) is 23.6 Å². The number of nitrogens with one attached hydrogen (secondary N) is 2. The molecule has 4 aromatic rings. The molecule has 4 rings (SSSR count). The first-order chi connectivity index (χ1) is 17.3. The quantitative estimate of drug-likeness (QED) is 0.251. The van der Waals surface area contributed by atoms with Crippen LogP contribution in [-0.4, -0.2) is 29.5 Å². The molecule has 1 atom stereocenters. The Kier molecular flexibility index (Phi) is 7.55. The summed E-state index contributed by atoms with van der Waals surface area (Å²) in [5.41, 5.74) is 1.30. The first kappa shape index (κ1) is 25.2. The number of hydrogen-bond donors (Lipinski definition) is 3. The van der Waals surface area contributed by atoms with Crippen molar-refractivity contribution in [3.8, 4) is 17.2 Å². The van der Waals surface area contributed by atoms with Gasteiger partial charge in [0.05, 0.1) is 13.7 Å². The molecule has 0 saturated heterocycles. The molecule has 0 aliphatic rings. The van der Waals surface area contributed by atoms with Crippen LogP contribution in [0.15, 0.2) is 72.9 Å². The number of pyridine rings is 1. The zero-order valence-electron chi connectivity index (χ0n) is 20.0. The van der Waals surface area contributed by atoms with E-state index in [2.05, 4.69) is 15.6 Å². The molecule has 1 heterocycles. The van der Waals surface area contributed by atoms with Crippen molar-refractivity contribution in [1.29, 1.82) is 0 Å². The Morgan fingerprint density at radius 3 is 2.53 bits per heavy atom. The molecular formula is C26H26N3O6P. The second-order valence-electron chi connectivity index (χ2n) is 7.77. The highest BCUT2D eigenvalue weighted by molar-refractivity contribution is 7.61. The Morgan fingerprint density at radius 2 is 1.81 bits per heavy atom. The maximum Gasteiger partial charge on any atom is 0.362 e. The summed E-state index contributed by atoms with van der Waals surface area (Å²) in [7, 11) is -2.57. The molecular weight excluding hydrogens is 481 g/mol. The van der Waals surface area contributed by atoms with Crippen molar-refractivity contribution in [2.75, 3.05) is 24.4 Å². The van der Waals surface area contributed by atoms with Gasteiger partial charge >= 0.3 is 7.60 Å². The standard InChI is InChI=1S/C26H26N3O6P/c1-4-34-36(31,32)25-12-9-18(15-24(25)33-3)29-26-16-19(13-14-27-26)35-23-11-10-22(28-17(2)30)20-7-5-6-8-21(20)23/h5-16H,4H2,1-3H3,(H,27,29)(H,28,30)(H,31,32). The van der Waals surface area contributed by atoms with Crippen LogP contribution in [0, 0.1) is 0 Å². The molecule has 0 radical (unpaired) electrons. The molecule has 1 amide bonds. The van der Waals surface area contributed by atoms with Crippen LogP contribution in [0.1, 0.15) is 13.8 Å². The molecule has 9 nitrogen and oxygen atoms in total. The molecule has 1 unspecified atom stereocenters. The molecule has 3 aromatic carbocycles. The van der Waals surface area contributed by atoms with Gasteiger partial charge in [0, 0.05) is 47.4 Å². The number of nitrogens with zero attached hydrogens (tertiary/aromatic N) is 1. The molecule has 10 heteroatoms. The summed E-state index contributed by atoms with van der Waals surface area (Å²) >= 11 is 0. The smallest absolute Gasteiger partial charge is 0.362 e. The molecule has 0 saturated carbocycles. The first-order valence-corrected chi connectivity index (χ1v) is 12.7. The van der Waals surface area contributed by atoms with Crippen LogP contribution in [0.4, 0.5) is 17.2 Å². The van der Waals surface area contributed by atoms with Crippen LogP contribution in [0.2, 0.25) is 0 Å². The van der Waals surface area contributed by atoms with Gasteiger partial charge in [-0.05, 0) is 37.3 Å². The van der Waals surface area contributed by atoms with Gasteiger partial charge in [0.15, 0.2) is 0 Å². The average molecular weight is 507 g/mol. The van der Waals surface area contributed by atoms with Crippen LogP contribution in [0.25, 0.3) is 10.8 Å². The van der Waals surface area contributed by atoms with Gasteiger partial charge in [-0.2, -0.15) is 0 Å². The lowest BCUT2D eigenvalue weighted by Gasteiger charge is -2.16. The highest BCUT2D eigenvalue weighted by Gasteiger charge is 2.26. The number of carbonyl (C=O) groups is 1. The number of hydrogen-bond acceptors (Lipinski definition) is 7. The number of methoxy groups -OCH3 is 1. The van der Waals surface area contributed by atoms with Gasteiger partial charge in [0.25, 0.3) is 0 Å². The van der Waals surface area contributed by atoms with Crippen molar-refractivity contribution in [2.45, 2.75) is 13.8 Å².